The Labute approximate surface area is 147 Å². The molecule has 3 heterocycles. The number of hydrogen-bond donors (Lipinski definition) is 2. The Balaban J connectivity index is 1.79. The third-order valence-electron chi connectivity index (χ3n) is 4.19. The highest BCUT2D eigenvalue weighted by Crippen LogP contribution is 2.35. The number of anilines is 2. The Hall–Kier alpha value is -3.66. The fourth-order valence-corrected chi connectivity index (χ4v) is 2.97. The second-order valence-corrected chi connectivity index (χ2v) is 5.81. The smallest absolute Gasteiger partial charge is 0.259 e. The molecule has 128 valence electrons. The van der Waals surface area contributed by atoms with Crippen LogP contribution in [0.5, 0.6) is 0 Å². The number of hydrogen-bond acceptors (Lipinski definition) is 5. The molecule has 0 bridgehead atoms. The largest absolute Gasteiger partial charge is 0.475 e. The first kappa shape index (κ1) is 15.8. The van der Waals surface area contributed by atoms with Gasteiger partial charge >= 0.3 is 0 Å². The lowest BCUT2D eigenvalue weighted by Gasteiger charge is -2.16. The van der Waals surface area contributed by atoms with E-state index in [0.717, 1.165) is 5.56 Å². The Kier molecular flexibility index (Phi) is 3.86. The third kappa shape index (κ3) is 2.78. The minimum Gasteiger partial charge on any atom is -0.475 e. The van der Waals surface area contributed by atoms with Crippen LogP contribution in [0.2, 0.25) is 0 Å². The van der Waals surface area contributed by atoms with E-state index in [1.54, 1.807) is 36.7 Å². The van der Waals surface area contributed by atoms with Crippen molar-refractivity contribution in [3.05, 3.63) is 76.3 Å². The number of H-pyrrole nitrogens is 1. The summed E-state index contributed by atoms with van der Waals surface area (Å²) in [5.41, 5.74) is 1.05. The molecule has 1 unspecified atom stereocenters. The molecule has 0 fully saturated rings. The van der Waals surface area contributed by atoms with Gasteiger partial charge in [0, 0.05) is 35.5 Å². The van der Waals surface area contributed by atoms with Crippen molar-refractivity contribution in [1.82, 2.24) is 9.97 Å². The lowest BCUT2D eigenvalue weighted by atomic mass is 10.0. The minimum atomic E-state index is -0.360. The first-order valence-electron chi connectivity index (χ1n) is 7.95. The number of aromatic nitrogens is 2. The van der Waals surface area contributed by atoms with Crippen molar-refractivity contribution in [2.75, 3.05) is 5.32 Å². The zero-order valence-corrected chi connectivity index (χ0v) is 13.5. The number of allylic oxidation sites excluding steroid dienone is 1. The molecule has 1 aromatic carbocycles. The summed E-state index contributed by atoms with van der Waals surface area (Å²) >= 11 is 0. The summed E-state index contributed by atoms with van der Waals surface area (Å²) < 4.78 is 18.7. The van der Waals surface area contributed by atoms with Crippen molar-refractivity contribution >= 4 is 22.3 Å². The van der Waals surface area contributed by atoms with E-state index < -0.39 is 0 Å². The van der Waals surface area contributed by atoms with Gasteiger partial charge in [-0.1, -0.05) is 0 Å². The Bertz CT molecular complexity index is 1110. The number of rotatable bonds is 3. The van der Waals surface area contributed by atoms with Crippen LogP contribution in [0.4, 0.5) is 15.9 Å². The molecular formula is C19H13FN4O2. The molecule has 1 atom stereocenters. The minimum absolute atomic E-state index is 0.265. The van der Waals surface area contributed by atoms with Crippen LogP contribution in [0.3, 0.4) is 0 Å². The van der Waals surface area contributed by atoms with E-state index in [-0.39, 0.29) is 23.2 Å². The number of aromatic amines is 1. The topological polar surface area (TPSA) is 90.8 Å². The van der Waals surface area contributed by atoms with Crippen molar-refractivity contribution in [3.63, 3.8) is 0 Å². The number of pyridine rings is 2. The van der Waals surface area contributed by atoms with Gasteiger partial charge in [-0.25, -0.2) is 9.37 Å². The van der Waals surface area contributed by atoms with Gasteiger partial charge in [0.15, 0.2) is 5.76 Å². The monoisotopic (exact) mass is 348 g/mol. The van der Waals surface area contributed by atoms with Crippen molar-refractivity contribution < 1.29 is 9.13 Å². The first-order valence-corrected chi connectivity index (χ1v) is 7.95. The van der Waals surface area contributed by atoms with Crippen LogP contribution in [-0.4, -0.2) is 9.97 Å². The molecule has 0 saturated carbocycles. The summed E-state index contributed by atoms with van der Waals surface area (Å²) in [4.78, 5) is 19.4. The van der Waals surface area contributed by atoms with Gasteiger partial charge in [0.2, 0.25) is 0 Å². The van der Waals surface area contributed by atoms with E-state index in [1.807, 2.05) is 6.07 Å². The van der Waals surface area contributed by atoms with Gasteiger partial charge in [-0.3, -0.25) is 4.79 Å². The molecule has 3 aromatic rings. The average Bonchev–Trinajstić information content (AvgIpc) is 3.13. The highest BCUT2D eigenvalue weighted by Gasteiger charge is 2.24. The van der Waals surface area contributed by atoms with Crippen molar-refractivity contribution in [1.29, 1.82) is 5.26 Å². The molecule has 2 aromatic heterocycles. The fourth-order valence-electron chi connectivity index (χ4n) is 2.97. The number of fused-ring (bicyclic) bond motifs is 1. The molecule has 1 aliphatic rings. The fraction of sp³-hybridized carbons (Fsp3) is 0.105. The van der Waals surface area contributed by atoms with E-state index in [4.69, 9.17) is 10.00 Å². The summed E-state index contributed by atoms with van der Waals surface area (Å²) in [6.07, 6.45) is 5.09. The molecule has 6 nitrogen and oxygen atoms in total. The average molecular weight is 348 g/mol. The Morgan fingerprint density at radius 1 is 1.31 bits per heavy atom. The van der Waals surface area contributed by atoms with Crippen LogP contribution in [0.15, 0.2) is 59.4 Å². The van der Waals surface area contributed by atoms with E-state index in [0.29, 0.717) is 28.7 Å². The second kappa shape index (κ2) is 6.33. The van der Waals surface area contributed by atoms with Gasteiger partial charge in [-0.15, -0.1) is 0 Å². The molecule has 0 aliphatic carbocycles. The van der Waals surface area contributed by atoms with Gasteiger partial charge < -0.3 is 15.0 Å². The Morgan fingerprint density at radius 3 is 2.85 bits per heavy atom. The van der Waals surface area contributed by atoms with E-state index in [1.165, 1.54) is 12.1 Å². The molecule has 0 amide bonds. The predicted octanol–water partition coefficient (Wildman–Crippen LogP) is 3.67. The van der Waals surface area contributed by atoms with E-state index >= 15 is 0 Å². The molecule has 0 saturated heterocycles. The first-order chi connectivity index (χ1) is 12.7. The molecule has 26 heavy (non-hydrogen) atoms. The molecule has 7 heteroatoms. The number of ether oxygens (including phenoxy) is 1. The standard InChI is InChI=1S/C19H13FN4O2/c20-11-1-3-12(4-2-11)24-18-17-14(7-8-22-19(17)25)15(10-23-18)16-6-5-13(9-21)26-16/h1-5,7-8,10,16H,6H2,(H,22,25)(H,23,24). The van der Waals surface area contributed by atoms with Crippen LogP contribution in [-0.2, 0) is 4.74 Å². The van der Waals surface area contributed by atoms with Gasteiger partial charge in [0.05, 0.1) is 5.39 Å². The van der Waals surface area contributed by atoms with Crippen molar-refractivity contribution in [2.45, 2.75) is 12.5 Å². The van der Waals surface area contributed by atoms with Crippen LogP contribution >= 0.6 is 0 Å². The van der Waals surface area contributed by atoms with Gasteiger partial charge in [0.25, 0.3) is 5.56 Å². The molecule has 1 aliphatic heterocycles. The lowest BCUT2D eigenvalue weighted by molar-refractivity contribution is 0.157. The van der Waals surface area contributed by atoms with Crippen molar-refractivity contribution in [2.24, 2.45) is 0 Å². The lowest BCUT2D eigenvalue weighted by Crippen LogP contribution is -2.11. The summed E-state index contributed by atoms with van der Waals surface area (Å²) in [7, 11) is 0. The number of nitrogens with one attached hydrogen (secondary N) is 2. The number of nitrogens with zero attached hydrogens (tertiary/aromatic N) is 2. The van der Waals surface area contributed by atoms with Crippen LogP contribution < -0.4 is 10.9 Å². The maximum absolute atomic E-state index is 13.1. The molecular weight excluding hydrogens is 335 g/mol. The highest BCUT2D eigenvalue weighted by molar-refractivity contribution is 5.94. The maximum atomic E-state index is 13.1. The highest BCUT2D eigenvalue weighted by atomic mass is 19.1. The van der Waals surface area contributed by atoms with Crippen LogP contribution in [0.1, 0.15) is 18.1 Å². The second-order valence-electron chi connectivity index (χ2n) is 5.81. The summed E-state index contributed by atoms with van der Waals surface area (Å²) in [6, 6.07) is 9.54. The Morgan fingerprint density at radius 2 is 2.12 bits per heavy atom. The molecule has 2 N–H and O–H groups in total. The molecule has 0 radical (unpaired) electrons. The molecule has 4 rings (SSSR count). The van der Waals surface area contributed by atoms with Crippen LogP contribution in [0.25, 0.3) is 10.8 Å². The quantitative estimate of drug-likeness (QED) is 0.753. The van der Waals surface area contributed by atoms with Gasteiger partial charge in [0.1, 0.15) is 23.8 Å². The van der Waals surface area contributed by atoms with Gasteiger partial charge in [-0.2, -0.15) is 5.26 Å². The molecule has 0 spiro atoms. The van der Waals surface area contributed by atoms with Crippen molar-refractivity contribution in [3.8, 4) is 6.07 Å². The zero-order chi connectivity index (χ0) is 18.1. The summed E-state index contributed by atoms with van der Waals surface area (Å²) in [5.74, 6) is 0.283. The van der Waals surface area contributed by atoms with Crippen LogP contribution in [0, 0.1) is 17.1 Å². The summed E-state index contributed by atoms with van der Waals surface area (Å²) in [5, 5.41) is 13.1. The third-order valence-corrected chi connectivity index (χ3v) is 4.19. The van der Waals surface area contributed by atoms with Gasteiger partial charge in [-0.05, 0) is 36.4 Å². The van der Waals surface area contributed by atoms with E-state index in [2.05, 4.69) is 15.3 Å². The number of halogens is 1. The predicted molar refractivity (Wildman–Crippen MR) is 94.2 cm³/mol. The maximum Gasteiger partial charge on any atom is 0.259 e. The normalized spacial score (nSPS) is 16.0. The SMILES string of the molecule is N#CC1=CCC(c2cnc(Nc3ccc(F)cc3)c3c(=O)[nH]ccc23)O1. The number of nitriles is 1. The zero-order valence-electron chi connectivity index (χ0n) is 13.5. The van der Waals surface area contributed by atoms with E-state index in [9.17, 15) is 9.18 Å². The number of benzene rings is 1. The summed E-state index contributed by atoms with van der Waals surface area (Å²) in [6.45, 7) is 0.